The predicted octanol–water partition coefficient (Wildman–Crippen LogP) is 1.45. The molecule has 108 valence electrons. The average Bonchev–Trinajstić information content (AvgIpc) is 2.76. The van der Waals surface area contributed by atoms with E-state index in [2.05, 4.69) is 4.98 Å². The minimum atomic E-state index is -0.402. The second kappa shape index (κ2) is 5.83. The molecule has 0 bridgehead atoms. The zero-order valence-electron chi connectivity index (χ0n) is 11.0. The highest BCUT2D eigenvalue weighted by molar-refractivity contribution is 5.87. The Hall–Kier alpha value is -1.56. The number of aromatic amines is 1. The van der Waals surface area contributed by atoms with Crippen LogP contribution in [0.2, 0.25) is 0 Å². The Morgan fingerprint density at radius 3 is 3.05 bits per heavy atom. The average molecular weight is 296 g/mol. The highest BCUT2D eigenvalue weighted by Crippen LogP contribution is 2.29. The van der Waals surface area contributed by atoms with E-state index in [4.69, 9.17) is 10.9 Å². The van der Waals surface area contributed by atoms with Gasteiger partial charge in [-0.3, -0.25) is 10.0 Å². The topological polar surface area (TPSA) is 91.1 Å². The van der Waals surface area contributed by atoms with Gasteiger partial charge in [0, 0.05) is 22.6 Å². The molecule has 0 saturated carbocycles. The van der Waals surface area contributed by atoms with E-state index in [1.807, 2.05) is 18.2 Å². The van der Waals surface area contributed by atoms with Gasteiger partial charge in [-0.25, -0.2) is 5.48 Å². The number of H-pyrrole nitrogens is 1. The minimum Gasteiger partial charge on any atom is -0.358 e. The number of rotatable bonds is 2. The Morgan fingerprint density at radius 1 is 1.50 bits per heavy atom. The highest BCUT2D eigenvalue weighted by Gasteiger charge is 2.20. The lowest BCUT2D eigenvalue weighted by molar-refractivity contribution is -0.128. The second-order valence-corrected chi connectivity index (χ2v) is 5.18. The van der Waals surface area contributed by atoms with E-state index in [-0.39, 0.29) is 24.9 Å². The molecule has 5 N–H and O–H groups in total. The van der Waals surface area contributed by atoms with Crippen molar-refractivity contribution in [3.8, 4) is 0 Å². The van der Waals surface area contributed by atoms with E-state index in [1.54, 1.807) is 5.48 Å². The normalized spacial score (nSPS) is 17.4. The molecule has 6 heteroatoms. The van der Waals surface area contributed by atoms with Crippen LogP contribution in [-0.2, 0) is 24.1 Å². The maximum atomic E-state index is 11.2. The van der Waals surface area contributed by atoms with Gasteiger partial charge in [-0.15, -0.1) is 12.4 Å². The fourth-order valence-electron chi connectivity index (χ4n) is 2.83. The molecule has 1 amide bonds. The fourth-order valence-corrected chi connectivity index (χ4v) is 2.83. The monoisotopic (exact) mass is 295 g/mol. The summed E-state index contributed by atoms with van der Waals surface area (Å²) in [6.45, 7) is 0. The van der Waals surface area contributed by atoms with E-state index in [0.29, 0.717) is 0 Å². The first-order valence-electron chi connectivity index (χ1n) is 6.48. The second-order valence-electron chi connectivity index (χ2n) is 5.18. The van der Waals surface area contributed by atoms with Gasteiger partial charge in [-0.05, 0) is 42.5 Å². The third kappa shape index (κ3) is 2.65. The lowest BCUT2D eigenvalue weighted by Gasteiger charge is -2.18. The molecular weight excluding hydrogens is 278 g/mol. The summed E-state index contributed by atoms with van der Waals surface area (Å²) in [5.41, 5.74) is 12.2. The Kier molecular flexibility index (Phi) is 4.32. The van der Waals surface area contributed by atoms with Crippen molar-refractivity contribution in [2.45, 2.75) is 31.7 Å². The molecule has 0 fully saturated rings. The molecule has 0 radical (unpaired) electrons. The van der Waals surface area contributed by atoms with Crippen LogP contribution in [0.3, 0.4) is 0 Å². The van der Waals surface area contributed by atoms with Crippen molar-refractivity contribution < 1.29 is 10.0 Å². The summed E-state index contributed by atoms with van der Waals surface area (Å²) in [5.74, 6) is -0.402. The number of carbonyl (C=O) groups excluding carboxylic acids is 1. The van der Waals surface area contributed by atoms with Crippen molar-refractivity contribution >= 4 is 29.2 Å². The molecule has 1 aliphatic rings. The summed E-state index contributed by atoms with van der Waals surface area (Å²) in [6, 6.07) is 6.12. The van der Waals surface area contributed by atoms with Crippen LogP contribution in [0, 0.1) is 0 Å². The number of aromatic nitrogens is 1. The van der Waals surface area contributed by atoms with Crippen LogP contribution in [0.1, 0.15) is 23.2 Å². The number of amides is 1. The van der Waals surface area contributed by atoms with Crippen LogP contribution >= 0.6 is 12.4 Å². The van der Waals surface area contributed by atoms with Crippen LogP contribution in [-0.4, -0.2) is 22.1 Å². The number of fused-ring (bicyclic) bond motifs is 3. The van der Waals surface area contributed by atoms with Crippen LogP contribution in [0.4, 0.5) is 0 Å². The lowest BCUT2D eigenvalue weighted by atomic mass is 9.91. The van der Waals surface area contributed by atoms with Crippen molar-refractivity contribution in [2.24, 2.45) is 5.73 Å². The van der Waals surface area contributed by atoms with E-state index < -0.39 is 5.91 Å². The summed E-state index contributed by atoms with van der Waals surface area (Å²) in [5, 5.41) is 9.72. The molecule has 1 aliphatic carbocycles. The van der Waals surface area contributed by atoms with Crippen LogP contribution in [0.15, 0.2) is 18.2 Å². The van der Waals surface area contributed by atoms with Crippen molar-refractivity contribution in [3.63, 3.8) is 0 Å². The molecule has 0 aliphatic heterocycles. The molecule has 1 aromatic carbocycles. The molecule has 1 unspecified atom stereocenters. The molecule has 5 nitrogen and oxygen atoms in total. The Labute approximate surface area is 122 Å². The van der Waals surface area contributed by atoms with Gasteiger partial charge in [0.25, 0.3) is 0 Å². The SMILES string of the molecule is Cl.NC1CCc2[nH]c3ccc(CC(=O)NO)cc3c2C1. The Morgan fingerprint density at radius 2 is 2.30 bits per heavy atom. The zero-order chi connectivity index (χ0) is 13.4. The first kappa shape index (κ1) is 14.8. The minimum absolute atomic E-state index is 0. The van der Waals surface area contributed by atoms with E-state index in [9.17, 15) is 4.79 Å². The summed E-state index contributed by atoms with van der Waals surface area (Å²) in [4.78, 5) is 14.6. The Balaban J connectivity index is 0.00000147. The van der Waals surface area contributed by atoms with E-state index in [0.717, 1.165) is 35.7 Å². The number of aryl methyl sites for hydroxylation is 1. The summed E-state index contributed by atoms with van der Waals surface area (Å²) < 4.78 is 0. The molecule has 1 atom stereocenters. The summed E-state index contributed by atoms with van der Waals surface area (Å²) in [6.07, 6.45) is 3.06. The third-order valence-corrected chi connectivity index (χ3v) is 3.78. The van der Waals surface area contributed by atoms with Crippen LogP contribution in [0.25, 0.3) is 10.9 Å². The first-order valence-corrected chi connectivity index (χ1v) is 6.48. The van der Waals surface area contributed by atoms with Crippen LogP contribution < -0.4 is 11.2 Å². The fraction of sp³-hybridized carbons (Fsp3) is 0.357. The van der Waals surface area contributed by atoms with Gasteiger partial charge in [0.05, 0.1) is 6.42 Å². The standard InChI is InChI=1S/C14H17N3O2.ClH/c15-9-2-4-13-11(7-9)10-5-8(6-14(18)17-19)1-3-12(10)16-13;/h1,3,5,9,16,19H,2,4,6-7,15H2,(H,17,18);1H. The molecule has 2 aromatic rings. The number of hydroxylamine groups is 1. The van der Waals surface area contributed by atoms with Gasteiger partial charge >= 0.3 is 0 Å². The quantitative estimate of drug-likeness (QED) is 0.499. The summed E-state index contributed by atoms with van der Waals surface area (Å²) in [7, 11) is 0. The van der Waals surface area contributed by atoms with Gasteiger partial charge in [0.2, 0.25) is 5.91 Å². The van der Waals surface area contributed by atoms with E-state index in [1.165, 1.54) is 11.3 Å². The van der Waals surface area contributed by atoms with Crippen LogP contribution in [0.5, 0.6) is 0 Å². The summed E-state index contributed by atoms with van der Waals surface area (Å²) >= 11 is 0. The molecule has 0 saturated heterocycles. The molecule has 1 heterocycles. The van der Waals surface area contributed by atoms with Gasteiger partial charge in [0.15, 0.2) is 0 Å². The molecule has 1 aromatic heterocycles. The molecule has 0 spiro atoms. The lowest BCUT2D eigenvalue weighted by Crippen LogP contribution is -2.27. The van der Waals surface area contributed by atoms with Crippen molar-refractivity contribution in [3.05, 3.63) is 35.0 Å². The molecule has 20 heavy (non-hydrogen) atoms. The number of hydrogen-bond acceptors (Lipinski definition) is 3. The molecular formula is C14H18ClN3O2. The van der Waals surface area contributed by atoms with Crippen molar-refractivity contribution in [1.82, 2.24) is 10.5 Å². The number of halogens is 1. The number of nitrogens with two attached hydrogens (primary N) is 1. The van der Waals surface area contributed by atoms with Gasteiger partial charge in [0.1, 0.15) is 0 Å². The predicted molar refractivity (Wildman–Crippen MR) is 79.2 cm³/mol. The van der Waals surface area contributed by atoms with E-state index >= 15 is 0 Å². The number of hydrogen-bond donors (Lipinski definition) is 4. The highest BCUT2D eigenvalue weighted by atomic mass is 35.5. The first-order chi connectivity index (χ1) is 9.17. The maximum Gasteiger partial charge on any atom is 0.247 e. The number of carbonyl (C=O) groups is 1. The van der Waals surface area contributed by atoms with Crippen molar-refractivity contribution in [2.75, 3.05) is 0 Å². The van der Waals surface area contributed by atoms with Gasteiger partial charge in [-0.1, -0.05) is 6.07 Å². The van der Waals surface area contributed by atoms with Crippen molar-refractivity contribution in [1.29, 1.82) is 0 Å². The largest absolute Gasteiger partial charge is 0.358 e. The number of nitrogens with one attached hydrogen (secondary N) is 2. The Bertz CT molecular complexity index is 639. The third-order valence-electron chi connectivity index (χ3n) is 3.78. The smallest absolute Gasteiger partial charge is 0.247 e. The van der Waals surface area contributed by atoms with Gasteiger partial charge < -0.3 is 10.7 Å². The number of benzene rings is 1. The maximum absolute atomic E-state index is 11.2. The molecule has 3 rings (SSSR count). The zero-order valence-corrected chi connectivity index (χ0v) is 11.8. The van der Waals surface area contributed by atoms with Gasteiger partial charge in [-0.2, -0.15) is 0 Å².